The number of urea groups is 1. The van der Waals surface area contributed by atoms with Crippen LogP contribution in [0, 0.1) is 0 Å². The third-order valence-corrected chi connectivity index (χ3v) is 4.53. The molecule has 8 nitrogen and oxygen atoms in total. The first kappa shape index (κ1) is 18.4. The van der Waals surface area contributed by atoms with Crippen molar-refractivity contribution in [1.82, 2.24) is 15.1 Å². The van der Waals surface area contributed by atoms with E-state index in [0.29, 0.717) is 30.2 Å². The van der Waals surface area contributed by atoms with Gasteiger partial charge in [-0.1, -0.05) is 36.4 Å². The number of amides is 3. The summed E-state index contributed by atoms with van der Waals surface area (Å²) in [7, 11) is 0. The Morgan fingerprint density at radius 2 is 1.86 bits per heavy atom. The lowest BCUT2D eigenvalue weighted by Crippen LogP contribution is -2.29. The van der Waals surface area contributed by atoms with E-state index in [-0.39, 0.29) is 24.0 Å². The van der Waals surface area contributed by atoms with E-state index >= 15 is 0 Å². The van der Waals surface area contributed by atoms with Crippen LogP contribution in [-0.2, 0) is 11.3 Å². The second-order valence-corrected chi connectivity index (χ2v) is 6.56. The van der Waals surface area contributed by atoms with Gasteiger partial charge in [-0.15, -0.1) is 0 Å². The molecular weight excluding hydrogens is 370 g/mol. The first-order valence-corrected chi connectivity index (χ1v) is 9.19. The summed E-state index contributed by atoms with van der Waals surface area (Å²) in [6.45, 7) is 0.942. The smallest absolute Gasteiger partial charge is 0.321 e. The Balaban J connectivity index is 1.49. The van der Waals surface area contributed by atoms with Crippen molar-refractivity contribution in [2.45, 2.75) is 6.54 Å². The van der Waals surface area contributed by atoms with Crippen LogP contribution in [0.2, 0.25) is 0 Å². The highest BCUT2D eigenvalue weighted by molar-refractivity contribution is 5.96. The van der Waals surface area contributed by atoms with Gasteiger partial charge in [0.1, 0.15) is 6.54 Å². The van der Waals surface area contributed by atoms with E-state index in [1.54, 1.807) is 35.2 Å². The molecule has 0 bridgehead atoms. The summed E-state index contributed by atoms with van der Waals surface area (Å²) in [6, 6.07) is 19.3. The average molecular weight is 389 g/mol. The summed E-state index contributed by atoms with van der Waals surface area (Å²) in [5.74, 6) is -0.382. The molecule has 29 heavy (non-hydrogen) atoms. The van der Waals surface area contributed by atoms with Crippen LogP contribution in [0.3, 0.4) is 0 Å². The quantitative estimate of drug-likeness (QED) is 0.698. The highest BCUT2D eigenvalue weighted by atomic mass is 16.2. The second-order valence-electron chi connectivity index (χ2n) is 6.56. The zero-order valence-electron chi connectivity index (χ0n) is 15.5. The van der Waals surface area contributed by atoms with Crippen LogP contribution in [-0.4, -0.2) is 34.8 Å². The lowest BCUT2D eigenvalue weighted by molar-refractivity contribution is -0.117. The molecule has 0 aliphatic carbocycles. The van der Waals surface area contributed by atoms with Gasteiger partial charge in [0, 0.05) is 36.1 Å². The summed E-state index contributed by atoms with van der Waals surface area (Å²) in [5.41, 5.74) is 2.35. The van der Waals surface area contributed by atoms with Gasteiger partial charge in [-0.05, 0) is 24.3 Å². The zero-order chi connectivity index (χ0) is 20.2. The number of anilines is 2. The minimum atomic E-state index is -0.382. The van der Waals surface area contributed by atoms with E-state index in [0.717, 1.165) is 10.2 Å². The molecule has 8 heteroatoms. The maximum Gasteiger partial charge on any atom is 0.321 e. The van der Waals surface area contributed by atoms with E-state index < -0.39 is 0 Å². The standard InChI is InChI=1S/C21H19N5O3/c27-19(23-16-7-4-8-17(13-16)25-12-11-22-21(25)29)14-26-20(28)10-9-18(24-26)15-5-2-1-3-6-15/h1-10,13H,11-12,14H2,(H,22,29)(H,23,27). The van der Waals surface area contributed by atoms with Crippen LogP contribution < -0.4 is 21.1 Å². The predicted molar refractivity (Wildman–Crippen MR) is 110 cm³/mol. The number of aromatic nitrogens is 2. The molecule has 3 amide bonds. The third kappa shape index (κ3) is 4.16. The highest BCUT2D eigenvalue weighted by Gasteiger charge is 2.21. The van der Waals surface area contributed by atoms with Crippen LogP contribution >= 0.6 is 0 Å². The molecule has 2 N–H and O–H groups in total. The van der Waals surface area contributed by atoms with Crippen LogP contribution in [0.5, 0.6) is 0 Å². The Morgan fingerprint density at radius 3 is 2.62 bits per heavy atom. The Hall–Kier alpha value is -3.94. The highest BCUT2D eigenvalue weighted by Crippen LogP contribution is 2.21. The molecule has 2 aromatic carbocycles. The van der Waals surface area contributed by atoms with Gasteiger partial charge in [0.25, 0.3) is 5.56 Å². The Kier molecular flexibility index (Phi) is 5.07. The molecule has 0 unspecified atom stereocenters. The van der Waals surface area contributed by atoms with Crippen LogP contribution in [0.15, 0.2) is 71.5 Å². The average Bonchev–Trinajstić information content (AvgIpc) is 3.16. The third-order valence-electron chi connectivity index (χ3n) is 4.53. The molecule has 0 radical (unpaired) electrons. The van der Waals surface area contributed by atoms with Gasteiger partial charge < -0.3 is 10.6 Å². The largest absolute Gasteiger partial charge is 0.336 e. The molecule has 1 saturated heterocycles. The van der Waals surface area contributed by atoms with Crippen molar-refractivity contribution in [3.05, 3.63) is 77.1 Å². The maximum absolute atomic E-state index is 12.5. The number of benzene rings is 2. The van der Waals surface area contributed by atoms with Gasteiger partial charge in [-0.25, -0.2) is 9.48 Å². The fourth-order valence-corrected chi connectivity index (χ4v) is 3.13. The summed E-state index contributed by atoms with van der Waals surface area (Å²) < 4.78 is 1.13. The van der Waals surface area contributed by atoms with Crippen molar-refractivity contribution >= 4 is 23.3 Å². The Bertz CT molecular complexity index is 1110. The van der Waals surface area contributed by atoms with E-state index in [1.165, 1.54) is 6.07 Å². The summed E-state index contributed by atoms with van der Waals surface area (Å²) in [4.78, 5) is 38.0. The minimum Gasteiger partial charge on any atom is -0.336 e. The number of nitrogens with one attached hydrogen (secondary N) is 2. The molecular formula is C21H19N5O3. The molecule has 1 fully saturated rings. The monoisotopic (exact) mass is 389 g/mol. The first-order valence-electron chi connectivity index (χ1n) is 9.19. The van der Waals surface area contributed by atoms with Gasteiger partial charge in [-0.3, -0.25) is 14.5 Å². The Labute approximate surface area is 166 Å². The van der Waals surface area contributed by atoms with E-state index in [4.69, 9.17) is 0 Å². The molecule has 0 saturated carbocycles. The lowest BCUT2D eigenvalue weighted by Gasteiger charge is -2.15. The van der Waals surface area contributed by atoms with Gasteiger partial charge in [0.15, 0.2) is 0 Å². The number of hydrogen-bond acceptors (Lipinski definition) is 4. The van der Waals surface area contributed by atoms with Crippen molar-refractivity contribution in [2.24, 2.45) is 0 Å². The molecule has 0 spiro atoms. The van der Waals surface area contributed by atoms with E-state index in [1.807, 2.05) is 30.3 Å². The fourth-order valence-electron chi connectivity index (χ4n) is 3.13. The molecule has 2 heterocycles. The minimum absolute atomic E-state index is 0.165. The van der Waals surface area contributed by atoms with Crippen molar-refractivity contribution in [2.75, 3.05) is 23.3 Å². The summed E-state index contributed by atoms with van der Waals surface area (Å²) in [6.07, 6.45) is 0. The van der Waals surface area contributed by atoms with Crippen molar-refractivity contribution in [1.29, 1.82) is 0 Å². The van der Waals surface area contributed by atoms with Crippen molar-refractivity contribution < 1.29 is 9.59 Å². The number of hydrogen-bond donors (Lipinski definition) is 2. The van der Waals surface area contributed by atoms with E-state index in [9.17, 15) is 14.4 Å². The maximum atomic E-state index is 12.5. The number of rotatable bonds is 5. The first-order chi connectivity index (χ1) is 14.1. The number of nitrogens with zero attached hydrogens (tertiary/aromatic N) is 3. The molecule has 1 aliphatic heterocycles. The van der Waals surface area contributed by atoms with Gasteiger partial charge in [0.05, 0.1) is 5.69 Å². The number of carbonyl (C=O) groups excluding carboxylic acids is 2. The SMILES string of the molecule is O=C(Cn1nc(-c2ccccc2)ccc1=O)Nc1cccc(N2CCNC2=O)c1. The Morgan fingerprint density at radius 1 is 1.03 bits per heavy atom. The summed E-state index contributed by atoms with van der Waals surface area (Å²) >= 11 is 0. The van der Waals surface area contributed by atoms with Crippen LogP contribution in [0.1, 0.15) is 0 Å². The van der Waals surface area contributed by atoms with Crippen LogP contribution in [0.4, 0.5) is 16.2 Å². The van der Waals surface area contributed by atoms with Crippen LogP contribution in [0.25, 0.3) is 11.3 Å². The summed E-state index contributed by atoms with van der Waals surface area (Å²) in [5, 5.41) is 9.79. The predicted octanol–water partition coefficient (Wildman–Crippen LogP) is 2.08. The van der Waals surface area contributed by atoms with Crippen molar-refractivity contribution in [3.63, 3.8) is 0 Å². The molecule has 3 aromatic rings. The molecule has 1 aliphatic rings. The lowest BCUT2D eigenvalue weighted by atomic mass is 10.1. The van der Waals surface area contributed by atoms with Crippen molar-refractivity contribution in [3.8, 4) is 11.3 Å². The van der Waals surface area contributed by atoms with E-state index in [2.05, 4.69) is 15.7 Å². The molecule has 146 valence electrons. The molecule has 1 aromatic heterocycles. The molecule has 4 rings (SSSR count). The topological polar surface area (TPSA) is 96.3 Å². The molecule has 0 atom stereocenters. The number of carbonyl (C=O) groups is 2. The fraction of sp³-hybridized carbons (Fsp3) is 0.143. The second kappa shape index (κ2) is 7.97. The normalized spacial score (nSPS) is 13.2. The van der Waals surface area contributed by atoms with Gasteiger partial charge in [-0.2, -0.15) is 5.10 Å². The zero-order valence-corrected chi connectivity index (χ0v) is 15.5. The van der Waals surface area contributed by atoms with Gasteiger partial charge >= 0.3 is 6.03 Å². The van der Waals surface area contributed by atoms with Gasteiger partial charge in [0.2, 0.25) is 5.91 Å².